The first-order valence-corrected chi connectivity index (χ1v) is 10.5. The SMILES string of the molecule is COc1ncc(C2=NCc3cc4c(cc32)CN(Cc2cccc(Cl)c2)CC(=O)C4)cn1. The topological polar surface area (TPSA) is 67.7 Å². The fraction of sp³-hybridized carbons (Fsp3) is 0.250. The van der Waals surface area contributed by atoms with Crippen LogP contribution in [0.25, 0.3) is 0 Å². The maximum atomic E-state index is 12.6. The smallest absolute Gasteiger partial charge is 0.316 e. The molecule has 0 saturated heterocycles. The molecule has 0 radical (unpaired) electrons. The molecule has 0 spiro atoms. The summed E-state index contributed by atoms with van der Waals surface area (Å²) in [6.45, 7) is 2.41. The summed E-state index contributed by atoms with van der Waals surface area (Å²) in [5, 5.41) is 0.708. The lowest BCUT2D eigenvalue weighted by atomic mass is 9.94. The van der Waals surface area contributed by atoms with Crippen LogP contribution in [0.3, 0.4) is 0 Å². The van der Waals surface area contributed by atoms with Crippen LogP contribution in [0.1, 0.15) is 33.4 Å². The molecule has 0 amide bonds. The lowest BCUT2D eigenvalue weighted by Gasteiger charge is -2.20. The number of nitrogens with zero attached hydrogens (tertiary/aromatic N) is 4. The first-order chi connectivity index (χ1) is 15.1. The molecule has 5 rings (SSSR count). The summed E-state index contributed by atoms with van der Waals surface area (Å²) in [6, 6.07) is 12.5. The van der Waals surface area contributed by atoms with Gasteiger partial charge in [0.2, 0.25) is 0 Å². The van der Waals surface area contributed by atoms with Crippen molar-refractivity contribution >= 4 is 23.1 Å². The monoisotopic (exact) mass is 432 g/mol. The minimum Gasteiger partial charge on any atom is -0.467 e. The van der Waals surface area contributed by atoms with Crippen LogP contribution in [0.15, 0.2) is 53.8 Å². The summed E-state index contributed by atoms with van der Waals surface area (Å²) in [7, 11) is 1.54. The number of fused-ring (bicyclic) bond motifs is 2. The van der Waals surface area contributed by atoms with E-state index in [1.165, 1.54) is 0 Å². The molecule has 0 saturated carbocycles. The first-order valence-electron chi connectivity index (χ1n) is 10.1. The van der Waals surface area contributed by atoms with E-state index in [2.05, 4.69) is 27.0 Å². The zero-order valence-corrected chi connectivity index (χ0v) is 17.9. The van der Waals surface area contributed by atoms with Crippen LogP contribution in [0.2, 0.25) is 5.02 Å². The molecule has 2 aliphatic rings. The van der Waals surface area contributed by atoms with Crippen molar-refractivity contribution in [2.45, 2.75) is 26.1 Å². The minimum atomic E-state index is 0.225. The molecule has 0 N–H and O–H groups in total. The van der Waals surface area contributed by atoms with E-state index in [1.807, 2.05) is 24.3 Å². The molecule has 156 valence electrons. The van der Waals surface area contributed by atoms with E-state index >= 15 is 0 Å². The van der Waals surface area contributed by atoms with Crippen LogP contribution < -0.4 is 4.74 Å². The lowest BCUT2D eigenvalue weighted by molar-refractivity contribution is -0.119. The minimum absolute atomic E-state index is 0.225. The highest BCUT2D eigenvalue weighted by Crippen LogP contribution is 2.29. The number of aliphatic imine (C=N–C) groups is 1. The average molecular weight is 433 g/mol. The van der Waals surface area contributed by atoms with E-state index in [1.54, 1.807) is 19.5 Å². The average Bonchev–Trinajstić information content (AvgIpc) is 3.09. The largest absolute Gasteiger partial charge is 0.467 e. The van der Waals surface area contributed by atoms with Crippen molar-refractivity contribution in [3.8, 4) is 6.01 Å². The number of benzene rings is 2. The number of rotatable bonds is 4. The number of carbonyl (C=O) groups excluding carboxylic acids is 1. The van der Waals surface area contributed by atoms with Gasteiger partial charge in [0.25, 0.3) is 0 Å². The van der Waals surface area contributed by atoms with Crippen LogP contribution in [-0.4, -0.2) is 40.0 Å². The van der Waals surface area contributed by atoms with Crippen molar-refractivity contribution < 1.29 is 9.53 Å². The van der Waals surface area contributed by atoms with E-state index in [0.29, 0.717) is 43.6 Å². The molecule has 0 bridgehead atoms. The maximum Gasteiger partial charge on any atom is 0.316 e. The summed E-state index contributed by atoms with van der Waals surface area (Å²) in [6.07, 6.45) is 3.93. The molecule has 0 aliphatic carbocycles. The van der Waals surface area contributed by atoms with Crippen LogP contribution in [-0.2, 0) is 30.8 Å². The molecule has 1 aromatic heterocycles. The Hall–Kier alpha value is -3.09. The molecule has 31 heavy (non-hydrogen) atoms. The maximum absolute atomic E-state index is 12.6. The van der Waals surface area contributed by atoms with Crippen molar-refractivity contribution in [1.82, 2.24) is 14.9 Å². The van der Waals surface area contributed by atoms with Gasteiger partial charge >= 0.3 is 6.01 Å². The summed E-state index contributed by atoms with van der Waals surface area (Å²) >= 11 is 6.15. The van der Waals surface area contributed by atoms with Gasteiger partial charge in [0, 0.05) is 48.1 Å². The van der Waals surface area contributed by atoms with Gasteiger partial charge in [0.05, 0.1) is 25.9 Å². The van der Waals surface area contributed by atoms with Crippen molar-refractivity contribution in [3.63, 3.8) is 0 Å². The fourth-order valence-electron chi connectivity index (χ4n) is 4.26. The molecule has 2 aromatic carbocycles. The Labute approximate surface area is 185 Å². The Morgan fingerprint density at radius 3 is 2.68 bits per heavy atom. The van der Waals surface area contributed by atoms with Gasteiger partial charge in [-0.2, -0.15) is 0 Å². The zero-order valence-electron chi connectivity index (χ0n) is 17.1. The Kier molecular flexibility index (Phi) is 5.26. The third-order valence-corrected chi connectivity index (χ3v) is 5.88. The standard InChI is InChI=1S/C24H21ClN4O2/c1-31-24-27-10-19(11-28-24)23-22-8-18-13-29(12-15-3-2-4-20(25)5-15)14-21(30)7-16(18)6-17(22)9-26-23/h2-6,8,10-11H,7,9,12-14H2,1H3. The molecule has 0 fully saturated rings. The van der Waals surface area contributed by atoms with Gasteiger partial charge < -0.3 is 4.74 Å². The number of hydrogen-bond donors (Lipinski definition) is 0. The second kappa shape index (κ2) is 8.21. The Balaban J connectivity index is 1.45. The van der Waals surface area contributed by atoms with Crippen LogP contribution in [0, 0.1) is 0 Å². The summed E-state index contributed by atoms with van der Waals surface area (Å²) in [5.74, 6) is 0.225. The van der Waals surface area contributed by atoms with E-state index in [0.717, 1.165) is 39.1 Å². The molecule has 7 heteroatoms. The lowest BCUT2D eigenvalue weighted by Crippen LogP contribution is -2.27. The molecule has 6 nitrogen and oxygen atoms in total. The van der Waals surface area contributed by atoms with Gasteiger partial charge in [-0.05, 0) is 40.5 Å². The highest BCUT2D eigenvalue weighted by Gasteiger charge is 2.25. The van der Waals surface area contributed by atoms with Crippen molar-refractivity contribution in [2.75, 3.05) is 13.7 Å². The zero-order chi connectivity index (χ0) is 21.4. The van der Waals surface area contributed by atoms with E-state index < -0.39 is 0 Å². The number of ketones is 1. The van der Waals surface area contributed by atoms with Crippen molar-refractivity contribution in [1.29, 1.82) is 0 Å². The normalized spacial score (nSPS) is 15.8. The Morgan fingerprint density at radius 1 is 1.06 bits per heavy atom. The summed E-state index contributed by atoms with van der Waals surface area (Å²) in [5.41, 5.74) is 7.33. The van der Waals surface area contributed by atoms with Crippen LogP contribution >= 0.6 is 11.6 Å². The molecule has 0 atom stereocenters. The Bertz CT molecular complexity index is 1190. The van der Waals surface area contributed by atoms with Crippen LogP contribution in [0.5, 0.6) is 6.01 Å². The molecular weight excluding hydrogens is 412 g/mol. The number of ether oxygens (including phenoxy) is 1. The number of Topliss-reactive ketones (excluding diaryl/α,β-unsaturated/α-hetero) is 1. The van der Waals surface area contributed by atoms with Gasteiger partial charge in [-0.3, -0.25) is 14.7 Å². The molecule has 3 heterocycles. The number of aromatic nitrogens is 2. The quantitative estimate of drug-likeness (QED) is 0.630. The van der Waals surface area contributed by atoms with Gasteiger partial charge in [0.15, 0.2) is 5.78 Å². The summed E-state index contributed by atoms with van der Waals surface area (Å²) in [4.78, 5) is 28.0. The highest BCUT2D eigenvalue weighted by atomic mass is 35.5. The molecule has 2 aliphatic heterocycles. The highest BCUT2D eigenvalue weighted by molar-refractivity contribution is 6.30. The van der Waals surface area contributed by atoms with E-state index in [9.17, 15) is 4.79 Å². The second-order valence-electron chi connectivity index (χ2n) is 7.89. The van der Waals surface area contributed by atoms with Gasteiger partial charge in [-0.25, -0.2) is 9.97 Å². The second-order valence-corrected chi connectivity index (χ2v) is 8.33. The number of halogens is 1. The van der Waals surface area contributed by atoms with Gasteiger partial charge in [-0.15, -0.1) is 0 Å². The predicted molar refractivity (Wildman–Crippen MR) is 119 cm³/mol. The number of methoxy groups -OCH3 is 1. The predicted octanol–water partition coefficient (Wildman–Crippen LogP) is 3.62. The molecule has 0 unspecified atom stereocenters. The fourth-order valence-corrected chi connectivity index (χ4v) is 4.48. The summed E-state index contributed by atoms with van der Waals surface area (Å²) < 4.78 is 5.06. The Morgan fingerprint density at radius 2 is 1.90 bits per heavy atom. The van der Waals surface area contributed by atoms with E-state index in [-0.39, 0.29) is 5.78 Å². The number of hydrogen-bond acceptors (Lipinski definition) is 6. The number of carbonyl (C=O) groups is 1. The van der Waals surface area contributed by atoms with Crippen molar-refractivity contribution in [3.05, 3.63) is 87.2 Å². The first kappa shape index (κ1) is 19.8. The van der Waals surface area contributed by atoms with Gasteiger partial charge in [-0.1, -0.05) is 29.8 Å². The third kappa shape index (κ3) is 4.09. The third-order valence-electron chi connectivity index (χ3n) is 5.65. The molecular formula is C24H21ClN4O2. The van der Waals surface area contributed by atoms with E-state index in [4.69, 9.17) is 21.3 Å². The van der Waals surface area contributed by atoms with Crippen molar-refractivity contribution in [2.24, 2.45) is 4.99 Å². The van der Waals surface area contributed by atoms with Crippen LogP contribution in [0.4, 0.5) is 0 Å². The van der Waals surface area contributed by atoms with Gasteiger partial charge in [0.1, 0.15) is 0 Å². The molecule has 3 aromatic rings.